The van der Waals surface area contributed by atoms with Crippen LogP contribution in [0.4, 0.5) is 0 Å². The number of hydrogen-bond acceptors (Lipinski definition) is 5. The van der Waals surface area contributed by atoms with Gasteiger partial charge in [0.2, 0.25) is 5.03 Å². The fourth-order valence-corrected chi connectivity index (χ4v) is 3.67. The highest BCUT2D eigenvalue weighted by Gasteiger charge is 2.24. The minimum Gasteiger partial charge on any atom is -0.392 e. The van der Waals surface area contributed by atoms with E-state index in [1.165, 1.54) is 7.05 Å². The van der Waals surface area contributed by atoms with Crippen molar-refractivity contribution in [1.82, 2.24) is 19.7 Å². The highest BCUT2D eigenvalue weighted by atomic mass is 79.9. The number of nitrogens with one attached hydrogen (secondary N) is 1. The minimum atomic E-state index is -3.73. The lowest BCUT2D eigenvalue weighted by Gasteiger charge is -2.14. The zero-order valence-electron chi connectivity index (χ0n) is 10.5. The second kappa shape index (κ2) is 6.09. The zero-order valence-corrected chi connectivity index (χ0v) is 12.9. The number of sulfonamides is 1. The van der Waals surface area contributed by atoms with E-state index in [9.17, 15) is 13.5 Å². The number of rotatable bonds is 6. The van der Waals surface area contributed by atoms with Gasteiger partial charge in [0.25, 0.3) is 10.0 Å². The maximum absolute atomic E-state index is 12.0. The molecule has 1 atom stereocenters. The molecular weight excluding hydrogens is 324 g/mol. The Morgan fingerprint density at radius 2 is 2.11 bits per heavy atom. The van der Waals surface area contributed by atoms with Gasteiger partial charge in [0.05, 0.1) is 6.10 Å². The van der Waals surface area contributed by atoms with E-state index in [-0.39, 0.29) is 16.2 Å². The number of halogens is 1. The van der Waals surface area contributed by atoms with Crippen molar-refractivity contribution in [3.63, 3.8) is 0 Å². The first-order chi connectivity index (χ1) is 8.24. The molecule has 0 saturated carbocycles. The molecule has 0 aliphatic heterocycles. The van der Waals surface area contributed by atoms with Crippen molar-refractivity contribution in [2.24, 2.45) is 13.0 Å². The van der Waals surface area contributed by atoms with Gasteiger partial charge in [-0.3, -0.25) is 0 Å². The lowest BCUT2D eigenvalue weighted by atomic mass is 10.1. The van der Waals surface area contributed by atoms with Gasteiger partial charge >= 0.3 is 0 Å². The monoisotopic (exact) mass is 340 g/mol. The number of aryl methyl sites for hydroxylation is 1. The van der Waals surface area contributed by atoms with E-state index in [4.69, 9.17) is 0 Å². The molecule has 0 aromatic carbocycles. The van der Waals surface area contributed by atoms with E-state index in [1.54, 1.807) is 0 Å². The molecule has 0 aliphatic carbocycles. The SMILES string of the molecule is CC(C)CC(O)CNS(=O)(=O)c1c(Br)nnn1C. The molecule has 1 unspecified atom stereocenters. The first kappa shape index (κ1) is 15.5. The van der Waals surface area contributed by atoms with Gasteiger partial charge in [-0.05, 0) is 28.3 Å². The van der Waals surface area contributed by atoms with Crippen LogP contribution < -0.4 is 4.72 Å². The molecule has 1 heterocycles. The van der Waals surface area contributed by atoms with E-state index < -0.39 is 16.1 Å². The van der Waals surface area contributed by atoms with E-state index in [0.29, 0.717) is 12.3 Å². The number of aromatic nitrogens is 3. The Hall–Kier alpha value is -0.510. The molecule has 0 bridgehead atoms. The van der Waals surface area contributed by atoms with Gasteiger partial charge in [0.1, 0.15) is 0 Å². The number of aliphatic hydroxyl groups is 1. The molecule has 9 heteroatoms. The van der Waals surface area contributed by atoms with Crippen LogP contribution in [0.25, 0.3) is 0 Å². The molecule has 0 radical (unpaired) electrons. The van der Waals surface area contributed by atoms with Crippen LogP contribution in [0, 0.1) is 5.92 Å². The molecular formula is C9H17BrN4O3S. The second-order valence-corrected chi connectivity index (χ2v) is 6.88. The summed E-state index contributed by atoms with van der Waals surface area (Å²) in [6.07, 6.45) is -0.174. The van der Waals surface area contributed by atoms with Crippen molar-refractivity contribution in [2.75, 3.05) is 6.54 Å². The lowest BCUT2D eigenvalue weighted by molar-refractivity contribution is 0.152. The van der Waals surface area contributed by atoms with E-state index >= 15 is 0 Å². The standard InChI is InChI=1S/C9H17BrN4O3S/c1-6(2)4-7(15)5-11-18(16,17)9-8(10)12-13-14(9)3/h6-7,11,15H,4-5H2,1-3H3. The molecule has 0 saturated heterocycles. The number of nitrogens with zero attached hydrogens (tertiary/aromatic N) is 3. The first-order valence-electron chi connectivity index (χ1n) is 5.47. The van der Waals surface area contributed by atoms with Crippen LogP contribution in [-0.4, -0.2) is 41.2 Å². The van der Waals surface area contributed by atoms with Crippen LogP contribution in [0.15, 0.2) is 9.63 Å². The third kappa shape index (κ3) is 4.01. The van der Waals surface area contributed by atoms with Crippen molar-refractivity contribution in [1.29, 1.82) is 0 Å². The molecule has 1 aromatic heterocycles. The molecule has 1 aromatic rings. The van der Waals surface area contributed by atoms with Gasteiger partial charge < -0.3 is 5.11 Å². The fraction of sp³-hybridized carbons (Fsp3) is 0.778. The van der Waals surface area contributed by atoms with Crippen molar-refractivity contribution < 1.29 is 13.5 Å². The average molecular weight is 341 g/mol. The Morgan fingerprint density at radius 3 is 2.56 bits per heavy atom. The van der Waals surface area contributed by atoms with Gasteiger partial charge in [-0.25, -0.2) is 17.8 Å². The highest BCUT2D eigenvalue weighted by Crippen LogP contribution is 2.17. The minimum absolute atomic E-state index is 0.0296. The second-order valence-electron chi connectivity index (χ2n) is 4.44. The van der Waals surface area contributed by atoms with Crippen LogP contribution in [0.3, 0.4) is 0 Å². The molecule has 0 aliphatic rings. The summed E-state index contributed by atoms with van der Waals surface area (Å²) in [5, 5.41) is 16.8. The highest BCUT2D eigenvalue weighted by molar-refractivity contribution is 9.10. The van der Waals surface area contributed by atoms with Gasteiger partial charge in [-0.15, -0.1) is 5.10 Å². The third-order valence-electron chi connectivity index (χ3n) is 2.24. The van der Waals surface area contributed by atoms with Crippen LogP contribution in [0.2, 0.25) is 0 Å². The van der Waals surface area contributed by atoms with E-state index in [2.05, 4.69) is 31.0 Å². The summed E-state index contributed by atoms with van der Waals surface area (Å²) >= 11 is 3.02. The summed E-state index contributed by atoms with van der Waals surface area (Å²) in [4.78, 5) is 0. The Kier molecular flexibility index (Phi) is 5.26. The summed E-state index contributed by atoms with van der Waals surface area (Å²) in [5.74, 6) is 0.301. The van der Waals surface area contributed by atoms with Crippen LogP contribution in [0.1, 0.15) is 20.3 Å². The largest absolute Gasteiger partial charge is 0.392 e. The maximum Gasteiger partial charge on any atom is 0.260 e. The van der Waals surface area contributed by atoms with Crippen molar-refractivity contribution >= 4 is 26.0 Å². The predicted octanol–water partition coefficient (Wildman–Crippen LogP) is 0.263. The number of aliphatic hydroxyl groups excluding tert-OH is 1. The van der Waals surface area contributed by atoms with E-state index in [0.717, 1.165) is 4.68 Å². The van der Waals surface area contributed by atoms with E-state index in [1.807, 2.05) is 13.8 Å². The number of hydrogen-bond donors (Lipinski definition) is 2. The normalized spacial score (nSPS) is 14.1. The first-order valence-corrected chi connectivity index (χ1v) is 7.74. The lowest BCUT2D eigenvalue weighted by Crippen LogP contribution is -2.34. The fourth-order valence-electron chi connectivity index (χ4n) is 1.51. The van der Waals surface area contributed by atoms with Gasteiger partial charge in [0, 0.05) is 13.6 Å². The Labute approximate surface area is 115 Å². The summed E-state index contributed by atoms with van der Waals surface area (Å²) in [6, 6.07) is 0. The van der Waals surface area contributed by atoms with Crippen molar-refractivity contribution in [3.05, 3.63) is 4.60 Å². The molecule has 18 heavy (non-hydrogen) atoms. The van der Waals surface area contributed by atoms with Gasteiger partial charge in [0.15, 0.2) is 4.60 Å². The van der Waals surface area contributed by atoms with Gasteiger partial charge in [-0.1, -0.05) is 19.1 Å². The molecule has 7 nitrogen and oxygen atoms in total. The summed E-state index contributed by atoms with van der Waals surface area (Å²) in [7, 11) is -2.25. The Morgan fingerprint density at radius 1 is 1.50 bits per heavy atom. The molecule has 104 valence electrons. The van der Waals surface area contributed by atoms with Crippen molar-refractivity contribution in [2.45, 2.75) is 31.4 Å². The van der Waals surface area contributed by atoms with Crippen molar-refractivity contribution in [3.8, 4) is 0 Å². The van der Waals surface area contributed by atoms with Crippen LogP contribution >= 0.6 is 15.9 Å². The maximum atomic E-state index is 12.0. The molecule has 0 fully saturated rings. The molecule has 0 spiro atoms. The Balaban J connectivity index is 2.72. The molecule has 2 N–H and O–H groups in total. The van der Waals surface area contributed by atoms with Crippen LogP contribution in [0.5, 0.6) is 0 Å². The van der Waals surface area contributed by atoms with Gasteiger partial charge in [-0.2, -0.15) is 0 Å². The van der Waals surface area contributed by atoms with Crippen LogP contribution in [-0.2, 0) is 17.1 Å². The topological polar surface area (TPSA) is 97.1 Å². The zero-order chi connectivity index (χ0) is 13.9. The average Bonchev–Trinajstić information content (AvgIpc) is 2.55. The molecule has 0 amide bonds. The smallest absolute Gasteiger partial charge is 0.260 e. The Bertz CT molecular complexity index is 480. The summed E-state index contributed by atoms with van der Waals surface area (Å²) in [6.45, 7) is 3.89. The summed E-state index contributed by atoms with van der Waals surface area (Å²) < 4.78 is 27.6. The quantitative estimate of drug-likeness (QED) is 0.774. The summed E-state index contributed by atoms with van der Waals surface area (Å²) in [5.41, 5.74) is 0. The predicted molar refractivity (Wildman–Crippen MR) is 69.4 cm³/mol. The third-order valence-corrected chi connectivity index (χ3v) is 4.55. The molecule has 1 rings (SSSR count).